The molecule has 1 N–H and O–H groups in total. The van der Waals surface area contributed by atoms with Gasteiger partial charge in [-0.25, -0.2) is 4.79 Å². The minimum Gasteiger partial charge on any atom is -0.478 e. The van der Waals surface area contributed by atoms with Crippen molar-refractivity contribution in [2.45, 2.75) is 18.7 Å². The summed E-state index contributed by atoms with van der Waals surface area (Å²) in [6, 6.07) is 0.390. The molecule has 0 spiro atoms. The fourth-order valence-electron chi connectivity index (χ4n) is 1.46. The van der Waals surface area contributed by atoms with Crippen LogP contribution in [0.5, 0.6) is 0 Å². The number of carboxylic acids is 1. The van der Waals surface area contributed by atoms with E-state index in [-0.39, 0.29) is 0 Å². The zero-order chi connectivity index (χ0) is 7.14. The molecule has 0 aromatic heterocycles. The Morgan fingerprint density at radius 1 is 1.70 bits per heavy atom. The van der Waals surface area contributed by atoms with Gasteiger partial charge >= 0.3 is 5.97 Å². The highest BCUT2D eigenvalue weighted by molar-refractivity contribution is 5.72. The van der Waals surface area contributed by atoms with E-state index < -0.39 is 12.2 Å². The minimum atomic E-state index is -0.859. The molecule has 4 heteroatoms. The van der Waals surface area contributed by atoms with Gasteiger partial charge in [0.05, 0.1) is 6.61 Å². The molecule has 2 atom stereocenters. The summed E-state index contributed by atoms with van der Waals surface area (Å²) < 4.78 is 5.03. The zero-order valence-electron chi connectivity index (χ0n) is 5.49. The molecule has 0 bridgehead atoms. The van der Waals surface area contributed by atoms with Gasteiger partial charge in [0.25, 0.3) is 0 Å². The molecule has 56 valence electrons. The number of hydrogen-bond donors (Lipinski definition) is 1. The molecular weight excluding hydrogens is 134 g/mol. The first-order valence-electron chi connectivity index (χ1n) is 3.39. The Morgan fingerprint density at radius 3 is 2.80 bits per heavy atom. The van der Waals surface area contributed by atoms with E-state index in [2.05, 4.69) is 0 Å². The van der Waals surface area contributed by atoms with Crippen LogP contribution in [-0.4, -0.2) is 41.4 Å². The van der Waals surface area contributed by atoms with Gasteiger partial charge in [-0.2, -0.15) is 0 Å². The van der Waals surface area contributed by atoms with Gasteiger partial charge in [-0.3, -0.25) is 4.90 Å². The molecule has 0 radical (unpaired) electrons. The molecule has 2 rings (SSSR count). The fourth-order valence-corrected chi connectivity index (χ4v) is 1.46. The second kappa shape index (κ2) is 1.93. The molecule has 0 aliphatic carbocycles. The van der Waals surface area contributed by atoms with E-state index in [0.29, 0.717) is 12.6 Å². The summed E-state index contributed by atoms with van der Waals surface area (Å²) in [6.45, 7) is 1.47. The van der Waals surface area contributed by atoms with E-state index in [1.807, 2.05) is 4.90 Å². The molecule has 2 saturated heterocycles. The van der Waals surface area contributed by atoms with Crippen molar-refractivity contribution < 1.29 is 14.6 Å². The molecule has 2 unspecified atom stereocenters. The van der Waals surface area contributed by atoms with Crippen LogP contribution in [0.3, 0.4) is 0 Å². The van der Waals surface area contributed by atoms with Crippen LogP contribution in [0.15, 0.2) is 0 Å². The van der Waals surface area contributed by atoms with Crippen LogP contribution in [0, 0.1) is 0 Å². The Hall–Kier alpha value is -0.610. The molecule has 0 saturated carbocycles. The van der Waals surface area contributed by atoms with Gasteiger partial charge in [0.15, 0.2) is 0 Å². The summed E-state index contributed by atoms with van der Waals surface area (Å²) in [6.07, 6.45) is 0.433. The topological polar surface area (TPSA) is 49.8 Å². The summed E-state index contributed by atoms with van der Waals surface area (Å²) in [5, 5.41) is 8.57. The van der Waals surface area contributed by atoms with Crippen LogP contribution in [0.1, 0.15) is 6.42 Å². The SMILES string of the molecule is O=C(O)C1OCC2CCN21. The number of carboxylic acid groups (broad SMARTS) is 1. The molecule has 4 nitrogen and oxygen atoms in total. The number of aliphatic carboxylic acids is 1. The summed E-state index contributed by atoms with van der Waals surface area (Å²) >= 11 is 0. The molecule has 10 heavy (non-hydrogen) atoms. The molecule has 0 amide bonds. The smallest absolute Gasteiger partial charge is 0.348 e. The normalized spacial score (nSPS) is 38.8. The van der Waals surface area contributed by atoms with Crippen molar-refractivity contribution in [1.29, 1.82) is 0 Å². The van der Waals surface area contributed by atoms with E-state index in [0.717, 1.165) is 13.0 Å². The number of ether oxygens (including phenoxy) is 1. The van der Waals surface area contributed by atoms with E-state index in [4.69, 9.17) is 9.84 Å². The lowest BCUT2D eigenvalue weighted by molar-refractivity contribution is -0.156. The van der Waals surface area contributed by atoms with Crippen LogP contribution >= 0.6 is 0 Å². The van der Waals surface area contributed by atoms with Gasteiger partial charge in [0.2, 0.25) is 6.23 Å². The molecule has 0 aromatic carbocycles. The van der Waals surface area contributed by atoms with Crippen LogP contribution < -0.4 is 0 Å². The Kier molecular flexibility index (Phi) is 1.18. The van der Waals surface area contributed by atoms with Crippen molar-refractivity contribution in [3.05, 3.63) is 0 Å². The highest BCUT2D eigenvalue weighted by Crippen LogP contribution is 2.27. The van der Waals surface area contributed by atoms with Gasteiger partial charge in [0.1, 0.15) is 0 Å². The summed E-state index contributed by atoms with van der Waals surface area (Å²) in [5.41, 5.74) is 0. The Labute approximate surface area is 58.4 Å². The monoisotopic (exact) mass is 143 g/mol. The predicted octanol–water partition coefficient (Wildman–Crippen LogP) is -0.498. The first kappa shape index (κ1) is 6.12. The van der Waals surface area contributed by atoms with Crippen LogP contribution in [-0.2, 0) is 9.53 Å². The average molecular weight is 143 g/mol. The number of nitrogens with zero attached hydrogens (tertiary/aromatic N) is 1. The van der Waals surface area contributed by atoms with Crippen molar-refractivity contribution in [2.75, 3.05) is 13.2 Å². The van der Waals surface area contributed by atoms with Crippen LogP contribution in [0.2, 0.25) is 0 Å². The van der Waals surface area contributed by atoms with Crippen LogP contribution in [0.4, 0.5) is 0 Å². The van der Waals surface area contributed by atoms with Gasteiger partial charge in [-0.1, -0.05) is 0 Å². The second-order valence-electron chi connectivity index (χ2n) is 2.70. The standard InChI is InChI=1S/C6H9NO3/c8-6(9)5-7-2-1-4(7)3-10-5/h4-5H,1-3H2,(H,8,9). The fraction of sp³-hybridized carbons (Fsp3) is 0.833. The van der Waals surface area contributed by atoms with Crippen molar-refractivity contribution >= 4 is 5.97 Å². The number of rotatable bonds is 1. The van der Waals surface area contributed by atoms with Gasteiger partial charge in [0, 0.05) is 12.6 Å². The highest BCUT2D eigenvalue weighted by Gasteiger charge is 2.44. The van der Waals surface area contributed by atoms with Crippen molar-refractivity contribution in [1.82, 2.24) is 4.90 Å². The lowest BCUT2D eigenvalue weighted by Gasteiger charge is -2.34. The van der Waals surface area contributed by atoms with Crippen molar-refractivity contribution in [3.63, 3.8) is 0 Å². The third-order valence-corrected chi connectivity index (χ3v) is 2.15. The molecule has 2 aliphatic heterocycles. The van der Waals surface area contributed by atoms with E-state index in [1.165, 1.54) is 0 Å². The summed E-state index contributed by atoms with van der Waals surface area (Å²) in [7, 11) is 0. The van der Waals surface area contributed by atoms with Gasteiger partial charge < -0.3 is 9.84 Å². The quantitative estimate of drug-likeness (QED) is 0.537. The largest absolute Gasteiger partial charge is 0.478 e. The summed E-state index contributed by atoms with van der Waals surface area (Å²) in [5.74, 6) is -0.859. The minimum absolute atomic E-state index is 0.390. The zero-order valence-corrected chi connectivity index (χ0v) is 5.49. The number of hydrogen-bond acceptors (Lipinski definition) is 3. The van der Waals surface area contributed by atoms with Crippen LogP contribution in [0.25, 0.3) is 0 Å². The van der Waals surface area contributed by atoms with Gasteiger partial charge in [-0.05, 0) is 6.42 Å². The van der Waals surface area contributed by atoms with Crippen molar-refractivity contribution in [2.24, 2.45) is 0 Å². The lowest BCUT2D eigenvalue weighted by Crippen LogP contribution is -2.50. The first-order valence-corrected chi connectivity index (χ1v) is 3.39. The third kappa shape index (κ3) is 0.660. The lowest BCUT2D eigenvalue weighted by atomic mass is 10.1. The molecule has 0 aromatic rings. The average Bonchev–Trinajstić information content (AvgIpc) is 2.07. The summed E-state index contributed by atoms with van der Waals surface area (Å²) in [4.78, 5) is 12.3. The Morgan fingerprint density at radius 2 is 2.50 bits per heavy atom. The van der Waals surface area contributed by atoms with Gasteiger partial charge in [-0.15, -0.1) is 0 Å². The Balaban J connectivity index is 2.05. The maximum Gasteiger partial charge on any atom is 0.348 e. The predicted molar refractivity (Wildman–Crippen MR) is 32.5 cm³/mol. The molecule has 2 aliphatic rings. The molecular formula is C6H9NO3. The molecule has 2 fully saturated rings. The number of carbonyl (C=O) groups is 1. The number of fused-ring (bicyclic) bond motifs is 1. The third-order valence-electron chi connectivity index (χ3n) is 2.15. The second-order valence-corrected chi connectivity index (χ2v) is 2.70. The van der Waals surface area contributed by atoms with E-state index in [1.54, 1.807) is 0 Å². The maximum atomic E-state index is 10.4. The van der Waals surface area contributed by atoms with E-state index >= 15 is 0 Å². The highest BCUT2D eigenvalue weighted by atomic mass is 16.5. The van der Waals surface area contributed by atoms with Crippen molar-refractivity contribution in [3.8, 4) is 0 Å². The first-order chi connectivity index (χ1) is 4.79. The van der Waals surface area contributed by atoms with E-state index in [9.17, 15) is 4.79 Å². The Bertz CT molecular complexity index is 170. The maximum absolute atomic E-state index is 10.4. The molecule has 2 heterocycles.